The van der Waals surface area contributed by atoms with Crippen LogP contribution in [-0.4, -0.2) is 42.0 Å². The van der Waals surface area contributed by atoms with Crippen LogP contribution in [0.5, 0.6) is 11.5 Å². The Morgan fingerprint density at radius 3 is 2.88 bits per heavy atom. The molecule has 3 heterocycles. The summed E-state index contributed by atoms with van der Waals surface area (Å²) in [5.74, 6) is 1.32. The standard InChI is InChI=1S/C17H21N5O3S/c1-11-4-2-3-7-22(11)17-21-20-16(26-17)19-15(23)18-12-5-6-13-14(10-12)25-9-8-24-13/h5-6,10-11H,2-4,7-9H2,1H3,(H2,18,19,20,23)/t11-/m1/s1. The van der Waals surface area contributed by atoms with Gasteiger partial charge in [-0.2, -0.15) is 0 Å². The first-order valence-electron chi connectivity index (χ1n) is 8.77. The highest BCUT2D eigenvalue weighted by molar-refractivity contribution is 7.19. The summed E-state index contributed by atoms with van der Waals surface area (Å²) < 4.78 is 11.0. The molecule has 0 saturated carbocycles. The fourth-order valence-corrected chi connectivity index (χ4v) is 4.01. The van der Waals surface area contributed by atoms with Gasteiger partial charge in [-0.1, -0.05) is 11.3 Å². The minimum absolute atomic E-state index is 0.365. The number of hydrogen-bond donors (Lipinski definition) is 2. The van der Waals surface area contributed by atoms with Gasteiger partial charge in [-0.25, -0.2) is 4.79 Å². The molecule has 138 valence electrons. The van der Waals surface area contributed by atoms with Crippen LogP contribution in [0.4, 0.5) is 20.7 Å². The van der Waals surface area contributed by atoms with Crippen molar-refractivity contribution >= 4 is 33.3 Å². The maximum Gasteiger partial charge on any atom is 0.325 e. The number of rotatable bonds is 3. The summed E-state index contributed by atoms with van der Waals surface area (Å²) in [7, 11) is 0. The van der Waals surface area contributed by atoms with Crippen molar-refractivity contribution in [3.63, 3.8) is 0 Å². The zero-order valence-electron chi connectivity index (χ0n) is 14.5. The van der Waals surface area contributed by atoms with Crippen molar-refractivity contribution in [2.45, 2.75) is 32.2 Å². The Labute approximate surface area is 155 Å². The molecule has 9 heteroatoms. The third kappa shape index (κ3) is 3.67. The van der Waals surface area contributed by atoms with Crippen LogP contribution in [0, 0.1) is 0 Å². The number of benzene rings is 1. The van der Waals surface area contributed by atoms with Crippen LogP contribution in [0.3, 0.4) is 0 Å². The average molecular weight is 375 g/mol. The number of piperidine rings is 1. The second-order valence-electron chi connectivity index (χ2n) is 6.37. The molecule has 1 saturated heterocycles. The van der Waals surface area contributed by atoms with Crippen molar-refractivity contribution in [2.24, 2.45) is 0 Å². The van der Waals surface area contributed by atoms with E-state index >= 15 is 0 Å². The van der Waals surface area contributed by atoms with Gasteiger partial charge in [-0.3, -0.25) is 5.32 Å². The molecule has 0 aliphatic carbocycles. The van der Waals surface area contributed by atoms with Crippen molar-refractivity contribution in [1.29, 1.82) is 0 Å². The second-order valence-corrected chi connectivity index (χ2v) is 7.32. The molecule has 0 spiro atoms. The molecule has 2 aliphatic rings. The third-order valence-corrected chi connectivity index (χ3v) is 5.36. The summed E-state index contributed by atoms with van der Waals surface area (Å²) in [5.41, 5.74) is 0.626. The number of fused-ring (bicyclic) bond motifs is 1. The zero-order valence-corrected chi connectivity index (χ0v) is 15.3. The van der Waals surface area contributed by atoms with E-state index in [0.29, 0.717) is 41.6 Å². The van der Waals surface area contributed by atoms with E-state index in [1.165, 1.54) is 17.8 Å². The fourth-order valence-electron chi connectivity index (χ4n) is 3.14. The van der Waals surface area contributed by atoms with Crippen LogP contribution >= 0.6 is 11.3 Å². The highest BCUT2D eigenvalue weighted by Crippen LogP contribution is 2.33. The number of carbonyl (C=O) groups excluding carboxylic acids is 1. The first kappa shape index (κ1) is 16.9. The van der Waals surface area contributed by atoms with Gasteiger partial charge in [0.2, 0.25) is 10.3 Å². The molecule has 1 fully saturated rings. The highest BCUT2D eigenvalue weighted by Gasteiger charge is 2.22. The molecule has 8 nitrogen and oxygen atoms in total. The molecule has 0 radical (unpaired) electrons. The van der Waals surface area contributed by atoms with Gasteiger partial charge in [0.25, 0.3) is 0 Å². The summed E-state index contributed by atoms with van der Waals surface area (Å²) in [6.07, 6.45) is 3.57. The monoisotopic (exact) mass is 375 g/mol. The summed E-state index contributed by atoms with van der Waals surface area (Å²) in [6.45, 7) is 4.22. The Balaban J connectivity index is 1.38. The molecule has 2 aliphatic heterocycles. The molecule has 2 amide bonds. The van der Waals surface area contributed by atoms with E-state index in [9.17, 15) is 4.79 Å². The summed E-state index contributed by atoms with van der Waals surface area (Å²) in [5, 5.41) is 15.2. The number of aromatic nitrogens is 2. The fraction of sp³-hybridized carbons (Fsp3) is 0.471. The van der Waals surface area contributed by atoms with Gasteiger partial charge in [0, 0.05) is 24.3 Å². The first-order valence-corrected chi connectivity index (χ1v) is 9.58. The average Bonchev–Trinajstić information content (AvgIpc) is 3.10. The van der Waals surface area contributed by atoms with Gasteiger partial charge in [0.1, 0.15) is 13.2 Å². The number of urea groups is 1. The van der Waals surface area contributed by atoms with E-state index in [2.05, 4.69) is 32.7 Å². The molecular formula is C17H21N5O3S. The number of nitrogens with one attached hydrogen (secondary N) is 2. The van der Waals surface area contributed by atoms with Crippen LogP contribution in [0.2, 0.25) is 0 Å². The lowest BCUT2D eigenvalue weighted by atomic mass is 10.1. The number of anilines is 3. The predicted octanol–water partition coefficient (Wildman–Crippen LogP) is 3.33. The Kier molecular flexibility index (Phi) is 4.79. The lowest BCUT2D eigenvalue weighted by Crippen LogP contribution is -2.37. The van der Waals surface area contributed by atoms with E-state index in [0.717, 1.165) is 24.5 Å². The molecular weight excluding hydrogens is 354 g/mol. The largest absolute Gasteiger partial charge is 0.486 e. The van der Waals surface area contributed by atoms with Crippen LogP contribution in [0.1, 0.15) is 26.2 Å². The maximum atomic E-state index is 12.2. The minimum Gasteiger partial charge on any atom is -0.486 e. The third-order valence-electron chi connectivity index (χ3n) is 4.48. The molecule has 4 rings (SSSR count). The second kappa shape index (κ2) is 7.36. The maximum absolute atomic E-state index is 12.2. The Hall–Kier alpha value is -2.55. The summed E-state index contributed by atoms with van der Waals surface area (Å²) in [6, 6.07) is 5.39. The van der Waals surface area contributed by atoms with Gasteiger partial charge in [-0.15, -0.1) is 10.2 Å². The molecule has 1 atom stereocenters. The van der Waals surface area contributed by atoms with Gasteiger partial charge in [0.15, 0.2) is 11.5 Å². The predicted molar refractivity (Wildman–Crippen MR) is 101 cm³/mol. The van der Waals surface area contributed by atoms with Gasteiger partial charge in [0.05, 0.1) is 0 Å². The minimum atomic E-state index is -0.365. The Morgan fingerprint density at radius 1 is 1.19 bits per heavy atom. The van der Waals surface area contributed by atoms with E-state index < -0.39 is 0 Å². The Bertz CT molecular complexity index is 796. The van der Waals surface area contributed by atoms with Crippen molar-refractivity contribution in [3.05, 3.63) is 18.2 Å². The number of amides is 2. The lowest BCUT2D eigenvalue weighted by molar-refractivity contribution is 0.171. The molecule has 0 unspecified atom stereocenters. The van der Waals surface area contributed by atoms with Crippen molar-refractivity contribution in [1.82, 2.24) is 10.2 Å². The smallest absolute Gasteiger partial charge is 0.325 e. The van der Waals surface area contributed by atoms with Crippen LogP contribution in [-0.2, 0) is 0 Å². The lowest BCUT2D eigenvalue weighted by Gasteiger charge is -2.32. The number of nitrogens with zero attached hydrogens (tertiary/aromatic N) is 3. The van der Waals surface area contributed by atoms with E-state index in [1.54, 1.807) is 18.2 Å². The van der Waals surface area contributed by atoms with Crippen LogP contribution in [0.25, 0.3) is 0 Å². The van der Waals surface area contributed by atoms with Gasteiger partial charge in [-0.05, 0) is 38.3 Å². The highest BCUT2D eigenvalue weighted by atomic mass is 32.1. The van der Waals surface area contributed by atoms with Crippen molar-refractivity contribution in [3.8, 4) is 11.5 Å². The number of hydrogen-bond acceptors (Lipinski definition) is 7. The summed E-state index contributed by atoms with van der Waals surface area (Å²) in [4.78, 5) is 14.5. The first-order chi connectivity index (χ1) is 12.7. The van der Waals surface area contributed by atoms with Crippen LogP contribution in [0.15, 0.2) is 18.2 Å². The molecule has 1 aromatic carbocycles. The molecule has 2 N–H and O–H groups in total. The molecule has 26 heavy (non-hydrogen) atoms. The van der Waals surface area contributed by atoms with E-state index in [1.807, 2.05) is 0 Å². The van der Waals surface area contributed by atoms with Gasteiger partial charge < -0.3 is 19.7 Å². The quantitative estimate of drug-likeness (QED) is 0.855. The normalized spacial score (nSPS) is 19.1. The van der Waals surface area contributed by atoms with E-state index in [-0.39, 0.29) is 6.03 Å². The molecule has 0 bridgehead atoms. The van der Waals surface area contributed by atoms with Crippen molar-refractivity contribution in [2.75, 3.05) is 35.3 Å². The van der Waals surface area contributed by atoms with Crippen molar-refractivity contribution < 1.29 is 14.3 Å². The number of carbonyl (C=O) groups is 1. The van der Waals surface area contributed by atoms with Crippen LogP contribution < -0.4 is 25.0 Å². The molecule has 1 aromatic heterocycles. The summed E-state index contributed by atoms with van der Waals surface area (Å²) >= 11 is 1.39. The van der Waals surface area contributed by atoms with E-state index in [4.69, 9.17) is 9.47 Å². The number of ether oxygens (including phenoxy) is 2. The molecule has 2 aromatic rings. The zero-order chi connectivity index (χ0) is 17.9. The van der Waals surface area contributed by atoms with Gasteiger partial charge >= 0.3 is 6.03 Å². The Morgan fingerprint density at radius 2 is 2.04 bits per heavy atom. The SMILES string of the molecule is C[C@@H]1CCCCN1c1nnc(NC(=O)Nc2ccc3c(c2)OCCO3)s1. The topological polar surface area (TPSA) is 88.6 Å².